The second kappa shape index (κ2) is 10.1. The summed E-state index contributed by atoms with van der Waals surface area (Å²) in [6, 6.07) is 11.7. The minimum absolute atomic E-state index is 0.0136. The molecular weight excluding hydrogens is 432 g/mol. The molecule has 32 heavy (non-hydrogen) atoms. The third kappa shape index (κ3) is 5.12. The Morgan fingerprint density at radius 3 is 2.56 bits per heavy atom. The maximum atomic E-state index is 12.7. The number of rotatable bonds is 8. The van der Waals surface area contributed by atoms with E-state index in [1.54, 1.807) is 18.4 Å². The fourth-order valence-electron chi connectivity index (χ4n) is 3.01. The number of anilines is 1. The number of benzene rings is 2. The Morgan fingerprint density at radius 2 is 1.88 bits per heavy atom. The topological polar surface area (TPSA) is 108 Å². The van der Waals surface area contributed by atoms with Crippen molar-refractivity contribution >= 4 is 33.9 Å². The average Bonchev–Trinajstić information content (AvgIpc) is 3.18. The Labute approximate surface area is 188 Å². The van der Waals surface area contributed by atoms with Crippen LogP contribution in [0.4, 0.5) is 10.7 Å². The molecule has 2 aromatic carbocycles. The van der Waals surface area contributed by atoms with Crippen molar-refractivity contribution in [3.8, 4) is 16.9 Å². The summed E-state index contributed by atoms with van der Waals surface area (Å²) in [5.74, 6) is -1.11. The van der Waals surface area contributed by atoms with Gasteiger partial charge >= 0.3 is 11.7 Å². The number of para-hydroxylation sites is 2. The number of thiophene rings is 1. The second-order valence-electron chi connectivity index (χ2n) is 6.93. The van der Waals surface area contributed by atoms with Crippen LogP contribution in [0.3, 0.4) is 0 Å². The first kappa shape index (κ1) is 23.0. The number of nitrogens with zero attached hydrogens (tertiary/aromatic N) is 1. The summed E-state index contributed by atoms with van der Waals surface area (Å²) in [6.45, 7) is 5.43. The lowest BCUT2D eigenvalue weighted by molar-refractivity contribution is -0.385. The summed E-state index contributed by atoms with van der Waals surface area (Å²) in [4.78, 5) is 35.7. The molecular formula is C23H22N2O6S. The number of nitrogens with one attached hydrogen (secondary N) is 1. The van der Waals surface area contributed by atoms with Crippen molar-refractivity contribution in [2.45, 2.75) is 20.8 Å². The lowest BCUT2D eigenvalue weighted by Crippen LogP contribution is -2.21. The fourth-order valence-corrected chi connectivity index (χ4v) is 3.99. The highest BCUT2D eigenvalue weighted by Crippen LogP contribution is 2.37. The Kier molecular flexibility index (Phi) is 7.21. The van der Waals surface area contributed by atoms with Crippen molar-refractivity contribution in [2.75, 3.05) is 18.5 Å². The maximum absolute atomic E-state index is 12.7. The van der Waals surface area contributed by atoms with Gasteiger partial charge < -0.3 is 14.8 Å². The number of esters is 1. The number of ether oxygens (including phenoxy) is 2. The molecule has 0 bridgehead atoms. The Balaban J connectivity index is 1.83. The van der Waals surface area contributed by atoms with Gasteiger partial charge in [0.05, 0.1) is 11.5 Å². The first-order valence-electron chi connectivity index (χ1n) is 9.84. The molecule has 0 aliphatic rings. The lowest BCUT2D eigenvalue weighted by atomic mass is 9.99. The zero-order chi connectivity index (χ0) is 23.3. The number of nitro groups is 1. The summed E-state index contributed by atoms with van der Waals surface area (Å²) >= 11 is 1.20. The third-order valence-corrected chi connectivity index (χ3v) is 5.66. The number of amides is 1. The van der Waals surface area contributed by atoms with Gasteiger partial charge in [-0.15, -0.1) is 11.3 Å². The van der Waals surface area contributed by atoms with Crippen LogP contribution < -0.4 is 10.1 Å². The molecule has 3 rings (SSSR count). The van der Waals surface area contributed by atoms with Gasteiger partial charge in [0.15, 0.2) is 12.4 Å². The molecule has 1 heterocycles. The highest BCUT2D eigenvalue weighted by molar-refractivity contribution is 7.15. The first-order valence-corrected chi connectivity index (χ1v) is 10.7. The van der Waals surface area contributed by atoms with E-state index in [1.807, 2.05) is 32.0 Å². The van der Waals surface area contributed by atoms with Crippen LogP contribution in [0.5, 0.6) is 5.75 Å². The molecule has 8 nitrogen and oxygen atoms in total. The number of carbonyl (C=O) groups excluding carboxylic acids is 2. The van der Waals surface area contributed by atoms with Crippen molar-refractivity contribution in [1.82, 2.24) is 0 Å². The molecule has 166 valence electrons. The molecule has 0 saturated carbocycles. The van der Waals surface area contributed by atoms with Gasteiger partial charge in [-0.25, -0.2) is 4.79 Å². The van der Waals surface area contributed by atoms with E-state index in [0.29, 0.717) is 10.6 Å². The third-order valence-electron chi connectivity index (χ3n) is 4.76. The fraction of sp³-hybridized carbons (Fsp3) is 0.217. The van der Waals surface area contributed by atoms with Crippen LogP contribution in [-0.2, 0) is 9.53 Å². The van der Waals surface area contributed by atoms with Crippen LogP contribution in [0, 0.1) is 24.0 Å². The molecule has 9 heteroatoms. The molecule has 0 fully saturated rings. The molecule has 0 aliphatic heterocycles. The molecule has 0 radical (unpaired) electrons. The highest BCUT2D eigenvalue weighted by Gasteiger charge is 2.23. The van der Waals surface area contributed by atoms with Gasteiger partial charge in [0, 0.05) is 17.0 Å². The normalized spacial score (nSPS) is 10.5. The molecule has 1 N–H and O–H groups in total. The van der Waals surface area contributed by atoms with Crippen molar-refractivity contribution in [1.29, 1.82) is 0 Å². The van der Waals surface area contributed by atoms with Crippen LogP contribution in [0.25, 0.3) is 11.1 Å². The van der Waals surface area contributed by atoms with Crippen molar-refractivity contribution in [2.24, 2.45) is 0 Å². The molecule has 0 unspecified atom stereocenters. The lowest BCUT2D eigenvalue weighted by Gasteiger charge is -2.10. The van der Waals surface area contributed by atoms with Gasteiger partial charge in [-0.3, -0.25) is 14.9 Å². The summed E-state index contributed by atoms with van der Waals surface area (Å²) in [5, 5.41) is 15.9. The largest absolute Gasteiger partial charge is 0.477 e. The van der Waals surface area contributed by atoms with Gasteiger partial charge in [0.25, 0.3) is 5.91 Å². The number of carbonyl (C=O) groups is 2. The van der Waals surface area contributed by atoms with E-state index in [1.165, 1.54) is 29.5 Å². The Hall–Kier alpha value is -3.72. The second-order valence-corrected chi connectivity index (χ2v) is 7.81. The molecule has 0 atom stereocenters. The van der Waals surface area contributed by atoms with Crippen LogP contribution in [0.1, 0.15) is 28.4 Å². The smallest absolute Gasteiger partial charge is 0.341 e. The van der Waals surface area contributed by atoms with Crippen LogP contribution in [0.15, 0.2) is 47.8 Å². The summed E-state index contributed by atoms with van der Waals surface area (Å²) in [7, 11) is 0. The number of hydrogen-bond donors (Lipinski definition) is 1. The molecule has 1 aromatic heterocycles. The zero-order valence-corrected chi connectivity index (χ0v) is 18.7. The van der Waals surface area contributed by atoms with E-state index >= 15 is 0 Å². The van der Waals surface area contributed by atoms with Gasteiger partial charge in [-0.05, 0) is 43.5 Å². The summed E-state index contributed by atoms with van der Waals surface area (Å²) < 4.78 is 10.5. The zero-order valence-electron chi connectivity index (χ0n) is 17.8. The molecule has 0 spiro atoms. The SMILES string of the molecule is CCOC(=O)c1c(-c2ccc(C)c(C)c2)csc1NC(=O)COc1ccccc1[N+](=O)[O-]. The van der Waals surface area contributed by atoms with E-state index in [2.05, 4.69) is 5.32 Å². The van der Waals surface area contributed by atoms with Gasteiger partial charge in [0.2, 0.25) is 0 Å². The number of hydrogen-bond acceptors (Lipinski definition) is 7. The summed E-state index contributed by atoms with van der Waals surface area (Å²) in [5.41, 5.74) is 3.73. The number of nitro benzene ring substituents is 1. The molecule has 0 saturated heterocycles. The molecule has 3 aromatic rings. The monoisotopic (exact) mass is 454 g/mol. The highest BCUT2D eigenvalue weighted by atomic mass is 32.1. The van der Waals surface area contributed by atoms with E-state index in [4.69, 9.17) is 9.47 Å². The average molecular weight is 455 g/mol. The number of aryl methyl sites for hydroxylation is 2. The van der Waals surface area contributed by atoms with Crippen LogP contribution >= 0.6 is 11.3 Å². The minimum atomic E-state index is -0.582. The Morgan fingerprint density at radius 1 is 1.12 bits per heavy atom. The standard InChI is InChI=1S/C23H22N2O6S/c1-4-30-23(27)21-17(16-10-9-14(2)15(3)11-16)13-32-22(21)24-20(26)12-31-19-8-6-5-7-18(19)25(28)29/h5-11,13H,4,12H2,1-3H3,(H,24,26). The predicted octanol–water partition coefficient (Wildman–Crippen LogP) is 5.13. The van der Waals surface area contributed by atoms with Gasteiger partial charge in [-0.1, -0.05) is 30.3 Å². The summed E-state index contributed by atoms with van der Waals surface area (Å²) in [6.07, 6.45) is 0. The van der Waals surface area contributed by atoms with Crippen LogP contribution in [0.2, 0.25) is 0 Å². The van der Waals surface area contributed by atoms with E-state index in [0.717, 1.165) is 16.7 Å². The first-order chi connectivity index (χ1) is 15.3. The molecule has 1 amide bonds. The van der Waals surface area contributed by atoms with Crippen molar-refractivity contribution < 1.29 is 24.0 Å². The van der Waals surface area contributed by atoms with E-state index in [-0.39, 0.29) is 23.6 Å². The minimum Gasteiger partial charge on any atom is -0.477 e. The molecule has 0 aliphatic carbocycles. The van der Waals surface area contributed by atoms with Crippen molar-refractivity contribution in [3.05, 3.63) is 74.6 Å². The van der Waals surface area contributed by atoms with Gasteiger partial charge in [0.1, 0.15) is 10.6 Å². The van der Waals surface area contributed by atoms with Crippen molar-refractivity contribution in [3.63, 3.8) is 0 Å². The predicted molar refractivity (Wildman–Crippen MR) is 122 cm³/mol. The quantitative estimate of drug-likeness (QED) is 0.287. The maximum Gasteiger partial charge on any atom is 0.341 e. The van der Waals surface area contributed by atoms with E-state index < -0.39 is 23.4 Å². The van der Waals surface area contributed by atoms with Crippen LogP contribution in [-0.4, -0.2) is 30.0 Å². The van der Waals surface area contributed by atoms with Gasteiger partial charge in [-0.2, -0.15) is 0 Å². The Bertz CT molecular complexity index is 1170. The van der Waals surface area contributed by atoms with E-state index in [9.17, 15) is 19.7 Å².